The number of hydrogen-bond acceptors (Lipinski definition) is 2. The Morgan fingerprint density at radius 1 is 0.778 bits per heavy atom. The van der Waals surface area contributed by atoms with Crippen molar-refractivity contribution in [2.75, 3.05) is 0 Å². The molecule has 0 unspecified atom stereocenters. The van der Waals surface area contributed by atoms with Crippen LogP contribution in [-0.2, 0) is 0 Å². The van der Waals surface area contributed by atoms with Gasteiger partial charge in [-0.1, -0.05) is 11.6 Å². The van der Waals surface area contributed by atoms with Gasteiger partial charge in [-0.25, -0.2) is 0 Å². The van der Waals surface area contributed by atoms with Gasteiger partial charge in [-0.15, -0.1) is 0 Å². The lowest BCUT2D eigenvalue weighted by Crippen LogP contribution is -2.20. The minimum atomic E-state index is -0.138. The van der Waals surface area contributed by atoms with Gasteiger partial charge in [-0.05, 0) is 59.0 Å². The third-order valence-electron chi connectivity index (χ3n) is 2.94. The third-order valence-corrected chi connectivity index (χ3v) is 3.85. The summed E-state index contributed by atoms with van der Waals surface area (Å²) in [4.78, 5) is 24.6. The van der Waals surface area contributed by atoms with Crippen molar-refractivity contribution in [3.05, 3.63) is 67.2 Å². The molecule has 0 atom stereocenters. The third kappa shape index (κ3) is 1.69. The highest BCUT2D eigenvalue weighted by atomic mass is 127. The first kappa shape index (κ1) is 11.9. The molecule has 0 saturated heterocycles. The SMILES string of the molecule is O=C1c2ccc(Cl)cc2C(=O)c2cc(I)ccc21. The van der Waals surface area contributed by atoms with E-state index in [4.69, 9.17) is 11.6 Å². The molecule has 88 valence electrons. The van der Waals surface area contributed by atoms with Crippen LogP contribution in [0.25, 0.3) is 0 Å². The quantitative estimate of drug-likeness (QED) is 0.567. The van der Waals surface area contributed by atoms with Crippen LogP contribution in [0.5, 0.6) is 0 Å². The van der Waals surface area contributed by atoms with Crippen molar-refractivity contribution in [1.82, 2.24) is 0 Å². The number of fused-ring (bicyclic) bond motifs is 2. The minimum absolute atomic E-state index is 0.118. The lowest BCUT2D eigenvalue weighted by Gasteiger charge is -2.17. The highest BCUT2D eigenvalue weighted by molar-refractivity contribution is 14.1. The molecule has 1 aliphatic rings. The van der Waals surface area contributed by atoms with Crippen LogP contribution in [-0.4, -0.2) is 11.6 Å². The number of carbonyl (C=O) groups excluding carboxylic acids is 2. The van der Waals surface area contributed by atoms with Gasteiger partial charge in [0, 0.05) is 30.8 Å². The number of hydrogen-bond donors (Lipinski definition) is 0. The maximum atomic E-state index is 12.3. The monoisotopic (exact) mass is 368 g/mol. The first-order valence-corrected chi connectivity index (χ1v) is 6.72. The highest BCUT2D eigenvalue weighted by Gasteiger charge is 2.29. The largest absolute Gasteiger partial charge is 0.289 e. The molecule has 0 aromatic heterocycles. The van der Waals surface area contributed by atoms with Gasteiger partial charge in [0.05, 0.1) is 0 Å². The summed E-state index contributed by atoms with van der Waals surface area (Å²) in [6.45, 7) is 0. The van der Waals surface area contributed by atoms with Crippen LogP contribution in [0.3, 0.4) is 0 Å². The van der Waals surface area contributed by atoms with Crippen LogP contribution >= 0.6 is 34.2 Å². The van der Waals surface area contributed by atoms with Crippen molar-refractivity contribution in [3.63, 3.8) is 0 Å². The zero-order chi connectivity index (χ0) is 12.9. The van der Waals surface area contributed by atoms with E-state index in [0.717, 1.165) is 3.57 Å². The zero-order valence-electron chi connectivity index (χ0n) is 9.04. The Hall–Kier alpha value is -1.20. The Balaban J connectivity index is 2.32. The number of ketones is 2. The molecule has 2 nitrogen and oxygen atoms in total. The maximum Gasteiger partial charge on any atom is 0.194 e. The summed E-state index contributed by atoms with van der Waals surface area (Å²) in [5.74, 6) is -0.256. The fraction of sp³-hybridized carbons (Fsp3) is 0. The fourth-order valence-corrected chi connectivity index (χ4v) is 2.76. The van der Waals surface area contributed by atoms with Gasteiger partial charge >= 0.3 is 0 Å². The van der Waals surface area contributed by atoms with Crippen LogP contribution in [0.15, 0.2) is 36.4 Å². The second-order valence-corrected chi connectivity index (χ2v) is 5.72. The summed E-state index contributed by atoms with van der Waals surface area (Å²) >= 11 is 8.00. The van der Waals surface area contributed by atoms with Crippen LogP contribution in [0.2, 0.25) is 5.02 Å². The first-order chi connectivity index (χ1) is 8.58. The molecule has 0 bridgehead atoms. The van der Waals surface area contributed by atoms with Crippen LogP contribution in [0.4, 0.5) is 0 Å². The lowest BCUT2D eigenvalue weighted by molar-refractivity contribution is 0.0979. The molecule has 3 rings (SSSR count). The molecular formula is C14H6ClIO2. The predicted octanol–water partition coefficient (Wildman–Crippen LogP) is 3.72. The number of halogens is 2. The Morgan fingerprint density at radius 2 is 1.33 bits per heavy atom. The van der Waals surface area contributed by atoms with Crippen molar-refractivity contribution in [3.8, 4) is 0 Å². The minimum Gasteiger partial charge on any atom is -0.289 e. The summed E-state index contributed by atoms with van der Waals surface area (Å²) in [5.41, 5.74) is 1.75. The van der Waals surface area contributed by atoms with Crippen molar-refractivity contribution in [2.45, 2.75) is 0 Å². The molecular weight excluding hydrogens is 363 g/mol. The first-order valence-electron chi connectivity index (χ1n) is 5.26. The van der Waals surface area contributed by atoms with E-state index in [1.54, 1.807) is 30.3 Å². The van der Waals surface area contributed by atoms with Gasteiger partial charge in [-0.2, -0.15) is 0 Å². The van der Waals surface area contributed by atoms with Crippen molar-refractivity contribution in [2.24, 2.45) is 0 Å². The van der Waals surface area contributed by atoms with Gasteiger partial charge in [0.15, 0.2) is 11.6 Å². The molecule has 4 heteroatoms. The second kappa shape index (κ2) is 4.17. The molecule has 0 aliphatic heterocycles. The Kier molecular flexibility index (Phi) is 2.75. The van der Waals surface area contributed by atoms with Crippen LogP contribution < -0.4 is 0 Å². The maximum absolute atomic E-state index is 12.3. The summed E-state index contributed by atoms with van der Waals surface area (Å²) in [6.07, 6.45) is 0. The average Bonchev–Trinajstić information content (AvgIpc) is 2.35. The van der Waals surface area contributed by atoms with Crippen molar-refractivity contribution in [1.29, 1.82) is 0 Å². The molecule has 18 heavy (non-hydrogen) atoms. The number of benzene rings is 2. The second-order valence-electron chi connectivity index (χ2n) is 4.04. The Morgan fingerprint density at radius 3 is 2.06 bits per heavy atom. The summed E-state index contributed by atoms with van der Waals surface area (Å²) in [7, 11) is 0. The van der Waals surface area contributed by atoms with E-state index in [9.17, 15) is 9.59 Å². The molecule has 0 fully saturated rings. The van der Waals surface area contributed by atoms with Crippen LogP contribution in [0, 0.1) is 3.57 Å². The summed E-state index contributed by atoms with van der Waals surface area (Å²) < 4.78 is 0.929. The molecule has 0 heterocycles. The molecule has 2 aromatic rings. The van der Waals surface area contributed by atoms with E-state index in [0.29, 0.717) is 27.3 Å². The average molecular weight is 369 g/mol. The molecule has 0 spiro atoms. The number of rotatable bonds is 0. The van der Waals surface area contributed by atoms with E-state index in [-0.39, 0.29) is 11.6 Å². The van der Waals surface area contributed by atoms with Crippen molar-refractivity contribution < 1.29 is 9.59 Å². The number of carbonyl (C=O) groups is 2. The molecule has 2 aromatic carbocycles. The zero-order valence-corrected chi connectivity index (χ0v) is 11.9. The van der Waals surface area contributed by atoms with E-state index in [1.165, 1.54) is 0 Å². The normalized spacial score (nSPS) is 13.2. The fourth-order valence-electron chi connectivity index (χ4n) is 2.09. The molecule has 0 saturated carbocycles. The van der Waals surface area contributed by atoms with Gasteiger partial charge in [0.2, 0.25) is 0 Å². The van der Waals surface area contributed by atoms with E-state index >= 15 is 0 Å². The standard InChI is InChI=1S/C14H6ClIO2/c15-7-1-3-9-11(5-7)14(18)12-6-8(16)2-4-10(12)13(9)17/h1-6H. The van der Waals surface area contributed by atoms with Crippen LogP contribution in [0.1, 0.15) is 31.8 Å². The van der Waals surface area contributed by atoms with E-state index in [1.807, 2.05) is 6.07 Å². The van der Waals surface area contributed by atoms with Crippen molar-refractivity contribution >= 4 is 45.8 Å². The van der Waals surface area contributed by atoms with Gasteiger partial charge in [0.1, 0.15) is 0 Å². The smallest absolute Gasteiger partial charge is 0.194 e. The van der Waals surface area contributed by atoms with E-state index < -0.39 is 0 Å². The Bertz CT molecular complexity index is 649. The van der Waals surface area contributed by atoms with E-state index in [2.05, 4.69) is 22.6 Å². The van der Waals surface area contributed by atoms with Gasteiger partial charge in [0.25, 0.3) is 0 Å². The predicted molar refractivity (Wildman–Crippen MR) is 77.5 cm³/mol. The van der Waals surface area contributed by atoms with Gasteiger partial charge in [-0.3, -0.25) is 9.59 Å². The van der Waals surface area contributed by atoms with Gasteiger partial charge < -0.3 is 0 Å². The molecule has 0 radical (unpaired) electrons. The topological polar surface area (TPSA) is 34.1 Å². The molecule has 0 amide bonds. The summed E-state index contributed by atoms with van der Waals surface area (Å²) in [5, 5.41) is 0.462. The Labute approximate surface area is 122 Å². The molecule has 0 N–H and O–H groups in total. The lowest BCUT2D eigenvalue weighted by atomic mass is 9.84. The highest BCUT2D eigenvalue weighted by Crippen LogP contribution is 2.29. The summed E-state index contributed by atoms with van der Waals surface area (Å²) in [6, 6.07) is 10.1. The molecule has 1 aliphatic carbocycles.